The molecule has 1 aliphatic carbocycles. The molecule has 3 aliphatic rings. The summed E-state index contributed by atoms with van der Waals surface area (Å²) in [6, 6.07) is 6.40. The van der Waals surface area contributed by atoms with Gasteiger partial charge in [0.1, 0.15) is 11.4 Å². The lowest BCUT2D eigenvalue weighted by atomic mass is 9.80. The molecule has 2 fully saturated rings. The molecule has 2 aliphatic heterocycles. The number of hydrogen-bond acceptors (Lipinski definition) is 6. The van der Waals surface area contributed by atoms with Crippen LogP contribution in [-0.2, 0) is 28.7 Å². The van der Waals surface area contributed by atoms with Gasteiger partial charge in [-0.3, -0.25) is 9.69 Å². The van der Waals surface area contributed by atoms with Crippen molar-refractivity contribution in [3.63, 3.8) is 0 Å². The highest BCUT2D eigenvalue weighted by Gasteiger charge is 2.43. The fourth-order valence-corrected chi connectivity index (χ4v) is 6.95. The molecule has 3 heterocycles. The molecule has 1 spiro atoms. The number of nitrogens with zero attached hydrogens (tertiary/aromatic N) is 2. The van der Waals surface area contributed by atoms with Gasteiger partial charge < -0.3 is 9.47 Å². The van der Waals surface area contributed by atoms with Crippen LogP contribution >= 0.6 is 11.3 Å². The number of rotatable bonds is 6. The second-order valence-corrected chi connectivity index (χ2v) is 11.9. The molecule has 2 aromatic rings. The Hall–Kier alpha value is -2.13. The number of thiazole rings is 1. The van der Waals surface area contributed by atoms with Gasteiger partial charge in [0, 0.05) is 19.6 Å². The number of aromatic nitrogens is 1. The van der Waals surface area contributed by atoms with Crippen LogP contribution in [0.1, 0.15) is 71.7 Å². The Bertz CT molecular complexity index is 1120. The number of esters is 1. The number of fused-ring (bicyclic) bond motifs is 1. The average molecular weight is 523 g/mol. The molecule has 1 saturated heterocycles. The van der Waals surface area contributed by atoms with Crippen molar-refractivity contribution in [3.8, 4) is 5.75 Å². The first-order valence-corrected chi connectivity index (χ1v) is 13.6. The molecule has 1 aromatic carbocycles. The summed E-state index contributed by atoms with van der Waals surface area (Å²) in [5.41, 5.74) is 1.28. The number of aryl methyl sites for hydroxylation is 2. The maximum atomic E-state index is 13.4. The van der Waals surface area contributed by atoms with Gasteiger partial charge in [0.2, 0.25) is 0 Å². The number of carbonyl (C=O) groups is 1. The largest absolute Gasteiger partial charge is 0.487 e. The number of halogens is 3. The fourth-order valence-electron chi connectivity index (χ4n) is 5.96. The van der Waals surface area contributed by atoms with Crippen molar-refractivity contribution in [2.75, 3.05) is 20.2 Å². The minimum atomic E-state index is -4.42. The highest BCUT2D eigenvalue weighted by Crippen LogP contribution is 2.49. The van der Waals surface area contributed by atoms with Crippen LogP contribution in [-0.4, -0.2) is 41.7 Å². The second kappa shape index (κ2) is 9.63. The van der Waals surface area contributed by atoms with Crippen LogP contribution in [0.4, 0.5) is 13.2 Å². The van der Waals surface area contributed by atoms with Crippen LogP contribution in [0.15, 0.2) is 18.2 Å². The van der Waals surface area contributed by atoms with Gasteiger partial charge in [-0.05, 0) is 74.5 Å². The Labute approximate surface area is 214 Å². The summed E-state index contributed by atoms with van der Waals surface area (Å²) in [6.07, 6.45) is 1.21. The van der Waals surface area contributed by atoms with Crippen molar-refractivity contribution in [1.82, 2.24) is 9.88 Å². The molecular weight excluding hydrogens is 489 g/mol. The number of alkyl halides is 3. The van der Waals surface area contributed by atoms with E-state index in [0.717, 1.165) is 61.2 Å². The van der Waals surface area contributed by atoms with Crippen LogP contribution in [0, 0.1) is 18.8 Å². The third kappa shape index (κ3) is 5.14. The summed E-state index contributed by atoms with van der Waals surface area (Å²) in [5, 5.41) is 0.444. The lowest BCUT2D eigenvalue weighted by molar-refractivity contribution is -0.146. The summed E-state index contributed by atoms with van der Waals surface area (Å²) in [5.74, 6) is 1.12. The van der Waals surface area contributed by atoms with Crippen molar-refractivity contribution < 1.29 is 27.4 Å². The predicted molar refractivity (Wildman–Crippen MR) is 131 cm³/mol. The van der Waals surface area contributed by atoms with Crippen LogP contribution < -0.4 is 4.74 Å². The quantitative estimate of drug-likeness (QED) is 0.427. The van der Waals surface area contributed by atoms with Crippen LogP contribution in [0.2, 0.25) is 0 Å². The van der Waals surface area contributed by atoms with E-state index in [9.17, 15) is 18.0 Å². The number of carbonyl (C=O) groups excluding carboxylic acids is 1. The zero-order chi connectivity index (χ0) is 25.7. The molecule has 2 unspecified atom stereocenters. The molecule has 36 heavy (non-hydrogen) atoms. The van der Waals surface area contributed by atoms with Gasteiger partial charge in [0.05, 0.1) is 22.9 Å². The zero-order valence-electron chi connectivity index (χ0n) is 21.0. The Kier molecular flexibility index (Phi) is 6.83. The number of piperidine rings is 1. The van der Waals surface area contributed by atoms with E-state index in [2.05, 4.69) is 28.1 Å². The normalized spacial score (nSPS) is 21.5. The van der Waals surface area contributed by atoms with E-state index >= 15 is 0 Å². The molecule has 1 aromatic heterocycles. The lowest BCUT2D eigenvalue weighted by Crippen LogP contribution is -2.49. The molecule has 5 nitrogen and oxygen atoms in total. The molecule has 196 valence electrons. The van der Waals surface area contributed by atoms with E-state index in [1.807, 2.05) is 6.92 Å². The molecular formula is C27H33F3N2O3S. The van der Waals surface area contributed by atoms with Crippen molar-refractivity contribution in [3.05, 3.63) is 44.9 Å². The minimum absolute atomic E-state index is 0.122. The molecule has 0 bridgehead atoms. The predicted octanol–water partition coefficient (Wildman–Crippen LogP) is 6.13. The maximum Gasteiger partial charge on any atom is 0.434 e. The smallest absolute Gasteiger partial charge is 0.434 e. The maximum absolute atomic E-state index is 13.4. The number of hydrogen-bond donors (Lipinski definition) is 0. The number of likely N-dealkylation sites (tertiary alicyclic amines) is 1. The van der Waals surface area contributed by atoms with E-state index in [4.69, 9.17) is 9.47 Å². The van der Waals surface area contributed by atoms with Crippen molar-refractivity contribution in [1.29, 1.82) is 0 Å². The molecule has 2 atom stereocenters. The summed E-state index contributed by atoms with van der Waals surface area (Å²) >= 11 is 1.13. The standard InChI is InChI=1S/C27H33F3N2O3S/c1-16(25(33)34-3)23(19-5-6-19)20-7-4-18-8-9-26(35-21(18)14-20)10-12-32(13-11-26)15-22-24(27(28,29)30)31-17(2)36-22/h4,7,14,16,19,23H,5-6,8-13,15H2,1-3H3. The Morgan fingerprint density at radius 3 is 2.64 bits per heavy atom. The van der Waals surface area contributed by atoms with Crippen molar-refractivity contribution >= 4 is 17.3 Å². The first-order chi connectivity index (χ1) is 17.1. The van der Waals surface area contributed by atoms with Gasteiger partial charge in [-0.15, -0.1) is 11.3 Å². The summed E-state index contributed by atoms with van der Waals surface area (Å²) in [4.78, 5) is 18.4. The molecule has 0 N–H and O–H groups in total. The van der Waals surface area contributed by atoms with E-state index in [1.54, 1.807) is 6.92 Å². The fraction of sp³-hybridized carbons (Fsp3) is 0.630. The number of benzene rings is 1. The van der Waals surface area contributed by atoms with Crippen LogP contribution in [0.25, 0.3) is 0 Å². The number of ether oxygens (including phenoxy) is 2. The van der Waals surface area contributed by atoms with Gasteiger partial charge in [-0.2, -0.15) is 13.2 Å². The van der Waals surface area contributed by atoms with Gasteiger partial charge in [0.25, 0.3) is 0 Å². The molecule has 1 saturated carbocycles. The van der Waals surface area contributed by atoms with E-state index in [0.29, 0.717) is 28.9 Å². The monoisotopic (exact) mass is 522 g/mol. The van der Waals surface area contributed by atoms with Gasteiger partial charge >= 0.3 is 12.1 Å². The Morgan fingerprint density at radius 2 is 2.00 bits per heavy atom. The van der Waals surface area contributed by atoms with Gasteiger partial charge in [-0.25, -0.2) is 4.98 Å². The number of methoxy groups -OCH3 is 1. The first kappa shape index (κ1) is 25.5. The summed E-state index contributed by atoms with van der Waals surface area (Å²) < 4.78 is 51.8. The van der Waals surface area contributed by atoms with E-state index < -0.39 is 11.9 Å². The topological polar surface area (TPSA) is 51.7 Å². The lowest BCUT2D eigenvalue weighted by Gasteiger charge is -2.44. The SMILES string of the molecule is COC(=O)C(C)C(c1ccc2c(c1)OC1(CC2)CCN(Cc2sc(C)nc2C(F)(F)F)CC1)C1CC1. The molecule has 0 radical (unpaired) electrons. The third-order valence-corrected chi connectivity index (χ3v) is 9.06. The van der Waals surface area contributed by atoms with Crippen LogP contribution in [0.3, 0.4) is 0 Å². The average Bonchev–Trinajstić information content (AvgIpc) is 3.60. The third-order valence-electron chi connectivity index (χ3n) is 8.10. The minimum Gasteiger partial charge on any atom is -0.487 e. The van der Waals surface area contributed by atoms with Gasteiger partial charge in [0.15, 0.2) is 5.69 Å². The molecule has 5 rings (SSSR count). The van der Waals surface area contributed by atoms with E-state index in [1.165, 1.54) is 12.7 Å². The molecule has 9 heteroatoms. The molecule has 0 amide bonds. The van der Waals surface area contributed by atoms with Gasteiger partial charge in [-0.1, -0.05) is 19.1 Å². The highest BCUT2D eigenvalue weighted by molar-refractivity contribution is 7.11. The highest BCUT2D eigenvalue weighted by atomic mass is 32.1. The zero-order valence-corrected chi connectivity index (χ0v) is 21.8. The van der Waals surface area contributed by atoms with Crippen molar-refractivity contribution in [2.24, 2.45) is 11.8 Å². The Balaban J connectivity index is 1.28. The first-order valence-electron chi connectivity index (χ1n) is 12.7. The van der Waals surface area contributed by atoms with E-state index in [-0.39, 0.29) is 30.0 Å². The summed E-state index contributed by atoms with van der Waals surface area (Å²) in [7, 11) is 1.44. The Morgan fingerprint density at radius 1 is 1.28 bits per heavy atom. The summed E-state index contributed by atoms with van der Waals surface area (Å²) in [6.45, 7) is 5.21. The second-order valence-electron chi connectivity index (χ2n) is 10.6. The van der Waals surface area contributed by atoms with Crippen LogP contribution in [0.5, 0.6) is 5.75 Å². The van der Waals surface area contributed by atoms with Crippen molar-refractivity contribution in [2.45, 2.75) is 76.6 Å².